The van der Waals surface area contributed by atoms with Gasteiger partial charge in [0.2, 0.25) is 0 Å². The first-order valence-corrected chi connectivity index (χ1v) is 12.2. The highest BCUT2D eigenvalue weighted by molar-refractivity contribution is 7.17. The number of amides is 1. The molecule has 8 nitrogen and oxygen atoms in total. The van der Waals surface area contributed by atoms with Gasteiger partial charge in [-0.3, -0.25) is 9.36 Å². The molecular formula is C25H27N7OS. The molecule has 0 N–H and O–H groups in total. The van der Waals surface area contributed by atoms with E-state index in [4.69, 9.17) is 0 Å². The molecule has 1 fully saturated rings. The number of benzene rings is 1. The van der Waals surface area contributed by atoms with E-state index in [1.807, 2.05) is 73.6 Å². The second kappa shape index (κ2) is 8.98. The van der Waals surface area contributed by atoms with Crippen molar-refractivity contribution in [3.8, 4) is 16.4 Å². The first-order valence-electron chi connectivity index (χ1n) is 11.3. The number of rotatable bonds is 4. The third-order valence-corrected chi connectivity index (χ3v) is 7.41. The maximum atomic E-state index is 13.3. The van der Waals surface area contributed by atoms with Crippen LogP contribution in [0.5, 0.6) is 0 Å². The average Bonchev–Trinajstić information content (AvgIpc) is 3.41. The fraction of sp³-hybridized carbons (Fsp3) is 0.320. The van der Waals surface area contributed by atoms with Crippen LogP contribution in [-0.4, -0.2) is 61.5 Å². The van der Waals surface area contributed by atoms with Gasteiger partial charge in [0.1, 0.15) is 33.7 Å². The van der Waals surface area contributed by atoms with Gasteiger partial charge in [0.15, 0.2) is 0 Å². The molecule has 1 aromatic carbocycles. The molecule has 1 aliphatic rings. The van der Waals surface area contributed by atoms with Gasteiger partial charge in [0.25, 0.3) is 5.91 Å². The molecule has 0 unspecified atom stereocenters. The first-order chi connectivity index (χ1) is 16.4. The predicted octanol–water partition coefficient (Wildman–Crippen LogP) is 3.98. The maximum Gasteiger partial charge on any atom is 0.265 e. The van der Waals surface area contributed by atoms with E-state index in [0.29, 0.717) is 32.0 Å². The van der Waals surface area contributed by atoms with Crippen LogP contribution in [0.1, 0.15) is 32.6 Å². The smallest absolute Gasteiger partial charge is 0.265 e. The molecule has 0 saturated carbocycles. The number of hydrogen-bond donors (Lipinski definition) is 0. The molecule has 3 aromatic heterocycles. The van der Waals surface area contributed by atoms with Gasteiger partial charge in [0, 0.05) is 43.5 Å². The summed E-state index contributed by atoms with van der Waals surface area (Å²) >= 11 is 1.47. The van der Waals surface area contributed by atoms with Crippen molar-refractivity contribution in [3.05, 3.63) is 70.5 Å². The molecule has 0 spiro atoms. The molecule has 1 saturated heterocycles. The molecule has 4 aromatic rings. The van der Waals surface area contributed by atoms with E-state index in [9.17, 15) is 4.79 Å². The SMILES string of the molecule is Cc1nc(N2CCN(C(=O)c3sc(-c4ccccc4)nc3C)CC2)cc(-n2cnc(C)c2C)n1. The molecule has 4 heterocycles. The number of aromatic nitrogens is 5. The van der Waals surface area contributed by atoms with Crippen molar-refractivity contribution in [2.75, 3.05) is 31.1 Å². The number of hydrogen-bond acceptors (Lipinski definition) is 7. The number of piperazine rings is 1. The van der Waals surface area contributed by atoms with Crippen molar-refractivity contribution in [1.82, 2.24) is 29.4 Å². The number of imidazole rings is 1. The lowest BCUT2D eigenvalue weighted by molar-refractivity contribution is 0.0750. The van der Waals surface area contributed by atoms with Crippen molar-refractivity contribution in [3.63, 3.8) is 0 Å². The van der Waals surface area contributed by atoms with Gasteiger partial charge >= 0.3 is 0 Å². The minimum atomic E-state index is 0.0564. The molecule has 5 rings (SSSR count). The molecule has 9 heteroatoms. The topological polar surface area (TPSA) is 80.0 Å². The third-order valence-electron chi connectivity index (χ3n) is 6.21. The van der Waals surface area contributed by atoms with Crippen LogP contribution in [-0.2, 0) is 0 Å². The highest BCUT2D eigenvalue weighted by Gasteiger charge is 2.26. The average molecular weight is 474 g/mol. The van der Waals surface area contributed by atoms with Gasteiger partial charge in [-0.25, -0.2) is 19.9 Å². The van der Waals surface area contributed by atoms with Crippen molar-refractivity contribution < 1.29 is 4.79 Å². The largest absolute Gasteiger partial charge is 0.353 e. The molecule has 34 heavy (non-hydrogen) atoms. The molecule has 1 amide bonds. The number of nitrogens with zero attached hydrogens (tertiary/aromatic N) is 7. The zero-order valence-electron chi connectivity index (χ0n) is 19.8. The van der Waals surface area contributed by atoms with Crippen LogP contribution in [0.3, 0.4) is 0 Å². The Bertz CT molecular complexity index is 1340. The van der Waals surface area contributed by atoms with Crippen molar-refractivity contribution in [1.29, 1.82) is 0 Å². The fourth-order valence-corrected chi connectivity index (χ4v) is 5.17. The molecule has 0 aliphatic carbocycles. The van der Waals surface area contributed by atoms with Crippen LogP contribution in [0, 0.1) is 27.7 Å². The van der Waals surface area contributed by atoms with Crippen molar-refractivity contribution in [2.24, 2.45) is 0 Å². The van der Waals surface area contributed by atoms with Crippen LogP contribution in [0.2, 0.25) is 0 Å². The summed E-state index contributed by atoms with van der Waals surface area (Å²) in [7, 11) is 0. The molecular weight excluding hydrogens is 446 g/mol. The van der Waals surface area contributed by atoms with Gasteiger partial charge in [0.05, 0.1) is 11.4 Å². The van der Waals surface area contributed by atoms with Crippen LogP contribution < -0.4 is 4.90 Å². The van der Waals surface area contributed by atoms with E-state index in [1.54, 1.807) is 6.33 Å². The Kier molecular flexibility index (Phi) is 5.87. The maximum absolute atomic E-state index is 13.3. The third kappa shape index (κ3) is 4.19. The van der Waals surface area contributed by atoms with E-state index < -0.39 is 0 Å². The summed E-state index contributed by atoms with van der Waals surface area (Å²) in [6.45, 7) is 10.6. The summed E-state index contributed by atoms with van der Waals surface area (Å²) in [4.78, 5) is 36.5. The summed E-state index contributed by atoms with van der Waals surface area (Å²) in [5, 5.41) is 0.883. The Labute approximate surface area is 203 Å². The summed E-state index contributed by atoms with van der Waals surface area (Å²) in [5.74, 6) is 2.46. The Morgan fingerprint density at radius 1 is 0.882 bits per heavy atom. The number of carbonyl (C=O) groups is 1. The van der Waals surface area contributed by atoms with E-state index in [1.165, 1.54) is 11.3 Å². The van der Waals surface area contributed by atoms with E-state index in [0.717, 1.165) is 44.2 Å². The van der Waals surface area contributed by atoms with Crippen LogP contribution in [0.25, 0.3) is 16.4 Å². The fourth-order valence-electron chi connectivity index (χ4n) is 4.13. The Hall–Kier alpha value is -3.59. The van der Waals surface area contributed by atoms with E-state index in [-0.39, 0.29) is 5.91 Å². The minimum absolute atomic E-state index is 0.0564. The molecule has 0 bridgehead atoms. The van der Waals surface area contributed by atoms with Gasteiger partial charge < -0.3 is 9.80 Å². The zero-order valence-corrected chi connectivity index (χ0v) is 20.6. The van der Waals surface area contributed by atoms with Gasteiger partial charge in [-0.2, -0.15) is 0 Å². The summed E-state index contributed by atoms with van der Waals surface area (Å²) < 4.78 is 1.99. The van der Waals surface area contributed by atoms with Crippen LogP contribution in [0.15, 0.2) is 42.7 Å². The second-order valence-corrected chi connectivity index (χ2v) is 9.49. The lowest BCUT2D eigenvalue weighted by Crippen LogP contribution is -2.49. The lowest BCUT2D eigenvalue weighted by Gasteiger charge is -2.35. The normalized spacial score (nSPS) is 14.0. The van der Waals surface area contributed by atoms with Gasteiger partial charge in [-0.05, 0) is 27.7 Å². The zero-order chi connectivity index (χ0) is 23.8. The predicted molar refractivity (Wildman–Crippen MR) is 134 cm³/mol. The minimum Gasteiger partial charge on any atom is -0.353 e. The lowest BCUT2D eigenvalue weighted by atomic mass is 10.2. The first kappa shape index (κ1) is 22.2. The monoisotopic (exact) mass is 473 g/mol. The number of carbonyl (C=O) groups excluding carboxylic acids is 1. The summed E-state index contributed by atoms with van der Waals surface area (Å²) in [6, 6.07) is 12.0. The Morgan fingerprint density at radius 2 is 1.59 bits per heavy atom. The number of thiazole rings is 1. The van der Waals surface area contributed by atoms with Gasteiger partial charge in [-0.15, -0.1) is 11.3 Å². The molecule has 1 aliphatic heterocycles. The van der Waals surface area contributed by atoms with Crippen LogP contribution in [0.4, 0.5) is 5.82 Å². The van der Waals surface area contributed by atoms with Crippen LogP contribution >= 0.6 is 11.3 Å². The summed E-state index contributed by atoms with van der Waals surface area (Å²) in [5.41, 5.74) is 3.88. The second-order valence-electron chi connectivity index (χ2n) is 8.50. The Morgan fingerprint density at radius 3 is 2.26 bits per heavy atom. The molecule has 0 atom stereocenters. The highest BCUT2D eigenvalue weighted by Crippen LogP contribution is 2.29. The van der Waals surface area contributed by atoms with Gasteiger partial charge in [-0.1, -0.05) is 30.3 Å². The number of aryl methyl sites for hydroxylation is 3. The van der Waals surface area contributed by atoms with Crippen molar-refractivity contribution >= 4 is 23.1 Å². The highest BCUT2D eigenvalue weighted by atomic mass is 32.1. The van der Waals surface area contributed by atoms with Crippen molar-refractivity contribution in [2.45, 2.75) is 27.7 Å². The summed E-state index contributed by atoms with van der Waals surface area (Å²) in [6.07, 6.45) is 1.80. The molecule has 0 radical (unpaired) electrons. The number of anilines is 1. The Balaban J connectivity index is 1.30. The quantitative estimate of drug-likeness (QED) is 0.446. The van der Waals surface area contributed by atoms with E-state index >= 15 is 0 Å². The van der Waals surface area contributed by atoms with E-state index in [2.05, 4.69) is 24.8 Å². The molecule has 174 valence electrons. The standard InChI is InChI=1S/C25H27N7OS/c1-16-18(3)32(15-26-16)22-14-21(28-19(4)29-22)30-10-12-31(13-11-30)25(33)23-17(2)27-24(34-23)20-8-6-5-7-9-20/h5-9,14-15H,10-13H2,1-4H3.